The van der Waals surface area contributed by atoms with Gasteiger partial charge in [0.05, 0.1) is 16.7 Å². The smallest absolute Gasteiger partial charge is 0.410 e. The maximum atomic E-state index is 13.3. The van der Waals surface area contributed by atoms with Crippen LogP contribution in [0.1, 0.15) is 67.2 Å². The van der Waals surface area contributed by atoms with Crippen molar-refractivity contribution in [3.8, 4) is 0 Å². The SMILES string of the molecule is CC(C)(C)OC(=O)N1CCc2sc(CCN)nc2C1C1(c2ccc(Cl)cc2)CCC1. The fraction of sp³-hybridized carbons (Fsp3) is 0.565. The number of benzene rings is 1. The van der Waals surface area contributed by atoms with Gasteiger partial charge in [0.25, 0.3) is 0 Å². The van der Waals surface area contributed by atoms with Gasteiger partial charge in [0, 0.05) is 34.7 Å². The molecule has 2 heterocycles. The molecule has 1 amide bonds. The summed E-state index contributed by atoms with van der Waals surface area (Å²) in [6.45, 7) is 6.96. The van der Waals surface area contributed by atoms with E-state index in [2.05, 4.69) is 12.1 Å². The zero-order chi connectivity index (χ0) is 21.5. The van der Waals surface area contributed by atoms with Gasteiger partial charge in [0.15, 0.2) is 0 Å². The van der Waals surface area contributed by atoms with E-state index in [0.29, 0.717) is 13.1 Å². The molecule has 1 saturated carbocycles. The molecule has 1 aliphatic carbocycles. The molecule has 1 unspecified atom stereocenters. The van der Waals surface area contributed by atoms with Crippen LogP contribution in [-0.4, -0.2) is 34.7 Å². The highest BCUT2D eigenvalue weighted by Crippen LogP contribution is 2.56. The number of nitrogens with zero attached hydrogens (tertiary/aromatic N) is 2. The second-order valence-corrected chi connectivity index (χ2v) is 10.9. The number of amides is 1. The summed E-state index contributed by atoms with van der Waals surface area (Å²) in [4.78, 5) is 21.5. The lowest BCUT2D eigenvalue weighted by Crippen LogP contribution is -2.53. The Balaban J connectivity index is 1.80. The van der Waals surface area contributed by atoms with Gasteiger partial charge in [0.1, 0.15) is 5.60 Å². The summed E-state index contributed by atoms with van der Waals surface area (Å²) in [5, 5.41) is 1.78. The zero-order valence-electron chi connectivity index (χ0n) is 17.9. The highest BCUT2D eigenvalue weighted by Gasteiger charge is 2.53. The van der Waals surface area contributed by atoms with Crippen molar-refractivity contribution in [2.75, 3.05) is 13.1 Å². The summed E-state index contributed by atoms with van der Waals surface area (Å²) in [7, 11) is 0. The summed E-state index contributed by atoms with van der Waals surface area (Å²) in [5.74, 6) is 0. The van der Waals surface area contributed by atoms with E-state index in [1.165, 1.54) is 10.4 Å². The van der Waals surface area contributed by atoms with Gasteiger partial charge in [0.2, 0.25) is 0 Å². The molecule has 1 fully saturated rings. The Kier molecular flexibility index (Phi) is 5.86. The summed E-state index contributed by atoms with van der Waals surface area (Å²) >= 11 is 7.92. The number of nitrogens with two attached hydrogens (primary N) is 1. The normalized spacial score (nSPS) is 20.4. The first-order chi connectivity index (χ1) is 14.2. The molecule has 4 rings (SSSR count). The number of hydrogen-bond acceptors (Lipinski definition) is 5. The lowest BCUT2D eigenvalue weighted by atomic mass is 9.58. The molecule has 5 nitrogen and oxygen atoms in total. The molecular formula is C23H30ClN3O2S. The zero-order valence-corrected chi connectivity index (χ0v) is 19.5. The highest BCUT2D eigenvalue weighted by atomic mass is 35.5. The van der Waals surface area contributed by atoms with Gasteiger partial charge in [-0.05, 0) is 57.9 Å². The number of carbonyl (C=O) groups is 1. The van der Waals surface area contributed by atoms with E-state index in [1.54, 1.807) is 11.3 Å². The molecule has 1 aromatic carbocycles. The number of fused-ring (bicyclic) bond motifs is 1. The van der Waals surface area contributed by atoms with E-state index >= 15 is 0 Å². The molecule has 162 valence electrons. The van der Waals surface area contributed by atoms with Crippen LogP contribution >= 0.6 is 22.9 Å². The minimum absolute atomic E-state index is 0.131. The fourth-order valence-electron chi connectivity index (χ4n) is 4.67. The molecule has 2 aromatic rings. The second kappa shape index (κ2) is 8.13. The fourth-order valence-corrected chi connectivity index (χ4v) is 5.90. The molecule has 0 bridgehead atoms. The monoisotopic (exact) mass is 447 g/mol. The Hall–Kier alpha value is -1.63. The van der Waals surface area contributed by atoms with Crippen molar-refractivity contribution in [3.63, 3.8) is 0 Å². The Morgan fingerprint density at radius 3 is 2.60 bits per heavy atom. The van der Waals surface area contributed by atoms with Crippen LogP contribution < -0.4 is 5.73 Å². The molecule has 0 radical (unpaired) electrons. The predicted octanol–water partition coefficient (Wildman–Crippen LogP) is 5.25. The summed E-state index contributed by atoms with van der Waals surface area (Å²) in [5.41, 5.74) is 7.35. The number of carbonyl (C=O) groups excluding carboxylic acids is 1. The highest BCUT2D eigenvalue weighted by molar-refractivity contribution is 7.11. The summed E-state index contributed by atoms with van der Waals surface area (Å²) < 4.78 is 5.82. The van der Waals surface area contributed by atoms with Crippen LogP contribution in [0.2, 0.25) is 5.02 Å². The van der Waals surface area contributed by atoms with E-state index in [9.17, 15) is 4.79 Å². The Morgan fingerprint density at radius 1 is 1.33 bits per heavy atom. The number of rotatable bonds is 4. The van der Waals surface area contributed by atoms with Crippen molar-refractivity contribution in [2.45, 2.75) is 69.9 Å². The molecule has 1 atom stereocenters. The Morgan fingerprint density at radius 2 is 2.03 bits per heavy atom. The number of ether oxygens (including phenoxy) is 1. The van der Waals surface area contributed by atoms with Crippen LogP contribution in [0.4, 0.5) is 4.79 Å². The predicted molar refractivity (Wildman–Crippen MR) is 121 cm³/mol. The summed E-state index contributed by atoms with van der Waals surface area (Å²) in [6.07, 6.45) is 4.49. The van der Waals surface area contributed by atoms with Gasteiger partial charge < -0.3 is 10.5 Å². The standard InChI is InChI=1S/C23H30ClN3O2S/c1-22(2,3)29-21(28)27-14-10-17-19(26-18(30-17)9-13-25)20(27)23(11-4-12-23)15-5-7-16(24)8-6-15/h5-8,20H,4,9-14,25H2,1-3H3. The summed E-state index contributed by atoms with van der Waals surface area (Å²) in [6, 6.07) is 7.97. The van der Waals surface area contributed by atoms with Crippen LogP contribution in [0.3, 0.4) is 0 Å². The average Bonchev–Trinajstić information content (AvgIpc) is 3.04. The number of thiazole rings is 1. The lowest BCUT2D eigenvalue weighted by molar-refractivity contribution is -0.00885. The molecule has 2 aliphatic rings. The van der Waals surface area contributed by atoms with Crippen molar-refractivity contribution in [1.82, 2.24) is 9.88 Å². The lowest BCUT2D eigenvalue weighted by Gasteiger charge is -2.53. The third-order valence-corrected chi connectivity index (χ3v) is 7.54. The third-order valence-electron chi connectivity index (χ3n) is 6.10. The maximum Gasteiger partial charge on any atom is 0.410 e. The quantitative estimate of drug-likeness (QED) is 0.694. The average molecular weight is 448 g/mol. The van der Waals surface area contributed by atoms with Gasteiger partial charge in [-0.25, -0.2) is 9.78 Å². The second-order valence-electron chi connectivity index (χ2n) is 9.30. The van der Waals surface area contributed by atoms with Crippen LogP contribution in [0.25, 0.3) is 0 Å². The largest absolute Gasteiger partial charge is 0.444 e. The number of aromatic nitrogens is 1. The molecule has 7 heteroatoms. The van der Waals surface area contributed by atoms with Gasteiger partial charge in [-0.15, -0.1) is 11.3 Å². The van der Waals surface area contributed by atoms with E-state index in [4.69, 9.17) is 27.1 Å². The Labute approximate surface area is 187 Å². The first kappa shape index (κ1) is 21.6. The van der Waals surface area contributed by atoms with Crippen molar-refractivity contribution in [3.05, 3.63) is 50.4 Å². The Bertz CT molecular complexity index is 916. The molecule has 30 heavy (non-hydrogen) atoms. The van der Waals surface area contributed by atoms with Crippen LogP contribution in [0.15, 0.2) is 24.3 Å². The third kappa shape index (κ3) is 3.97. The molecule has 1 aliphatic heterocycles. The van der Waals surface area contributed by atoms with Crippen LogP contribution in [0.5, 0.6) is 0 Å². The first-order valence-electron chi connectivity index (χ1n) is 10.7. The van der Waals surface area contributed by atoms with E-state index in [-0.39, 0.29) is 17.6 Å². The first-order valence-corrected chi connectivity index (χ1v) is 11.9. The van der Waals surface area contributed by atoms with Crippen molar-refractivity contribution in [1.29, 1.82) is 0 Å². The van der Waals surface area contributed by atoms with E-state index < -0.39 is 5.60 Å². The number of hydrogen-bond donors (Lipinski definition) is 1. The van der Waals surface area contributed by atoms with E-state index in [1.807, 2.05) is 37.8 Å². The van der Waals surface area contributed by atoms with E-state index in [0.717, 1.165) is 47.8 Å². The molecule has 0 saturated heterocycles. The van der Waals surface area contributed by atoms with Gasteiger partial charge in [-0.1, -0.05) is 30.2 Å². The maximum absolute atomic E-state index is 13.3. The van der Waals surface area contributed by atoms with Crippen LogP contribution in [0, 0.1) is 0 Å². The topological polar surface area (TPSA) is 68.5 Å². The van der Waals surface area contributed by atoms with Gasteiger partial charge in [-0.3, -0.25) is 4.90 Å². The van der Waals surface area contributed by atoms with Gasteiger partial charge >= 0.3 is 6.09 Å². The molecule has 2 N–H and O–H groups in total. The number of halogens is 1. The van der Waals surface area contributed by atoms with Crippen LogP contribution in [-0.2, 0) is 23.0 Å². The molecule has 0 spiro atoms. The molecular weight excluding hydrogens is 418 g/mol. The minimum Gasteiger partial charge on any atom is -0.444 e. The minimum atomic E-state index is -0.540. The molecule has 1 aromatic heterocycles. The van der Waals surface area contributed by atoms with Crippen molar-refractivity contribution in [2.24, 2.45) is 5.73 Å². The van der Waals surface area contributed by atoms with Crippen molar-refractivity contribution >= 4 is 29.0 Å². The van der Waals surface area contributed by atoms with Crippen molar-refractivity contribution < 1.29 is 9.53 Å². The van der Waals surface area contributed by atoms with Gasteiger partial charge in [-0.2, -0.15) is 0 Å².